The summed E-state index contributed by atoms with van der Waals surface area (Å²) >= 11 is 1.31. The Labute approximate surface area is 212 Å². The number of nitrogens with one attached hydrogen (secondary N) is 2. The zero-order valence-electron chi connectivity index (χ0n) is 20.3. The smallest absolute Gasteiger partial charge is 0.341 e. The molecule has 3 rings (SSSR count). The zero-order valence-corrected chi connectivity index (χ0v) is 21.1. The van der Waals surface area contributed by atoms with Crippen LogP contribution < -0.4 is 15.5 Å². The number of carbonyl (C=O) groups is 3. The minimum Gasteiger partial charge on any atom is -0.481 e. The van der Waals surface area contributed by atoms with Crippen molar-refractivity contribution in [1.29, 1.82) is 0 Å². The highest BCUT2D eigenvalue weighted by Crippen LogP contribution is 2.33. The number of anilines is 1. The van der Waals surface area contributed by atoms with Gasteiger partial charge in [0.25, 0.3) is 11.8 Å². The Morgan fingerprint density at radius 1 is 1.08 bits per heavy atom. The fraction of sp³-hybridized carbons (Fsp3) is 0.231. The summed E-state index contributed by atoms with van der Waals surface area (Å²) in [6.45, 7) is 7.20. The van der Waals surface area contributed by atoms with Gasteiger partial charge in [0.2, 0.25) is 0 Å². The molecule has 0 radical (unpaired) electrons. The summed E-state index contributed by atoms with van der Waals surface area (Å²) in [4.78, 5) is 38.2. The molecule has 0 spiro atoms. The van der Waals surface area contributed by atoms with Gasteiger partial charge in [0.05, 0.1) is 18.4 Å². The van der Waals surface area contributed by atoms with E-state index in [0.29, 0.717) is 27.4 Å². The van der Waals surface area contributed by atoms with Crippen molar-refractivity contribution in [2.45, 2.75) is 33.8 Å². The van der Waals surface area contributed by atoms with Crippen molar-refractivity contribution in [3.63, 3.8) is 0 Å². The Balaban J connectivity index is 1.58. The first-order valence-electron chi connectivity index (χ1n) is 11.1. The number of hydrazone groups is 1. The van der Waals surface area contributed by atoms with Crippen LogP contribution in [0.3, 0.4) is 0 Å². The van der Waals surface area contributed by atoms with Crippen LogP contribution in [0.25, 0.3) is 0 Å². The number of halogens is 1. The second-order valence-electron chi connectivity index (χ2n) is 7.73. The van der Waals surface area contributed by atoms with Crippen LogP contribution in [0.5, 0.6) is 5.75 Å². The minimum atomic E-state index is -0.862. The van der Waals surface area contributed by atoms with Gasteiger partial charge in [0.15, 0.2) is 6.10 Å². The maximum atomic E-state index is 12.9. The summed E-state index contributed by atoms with van der Waals surface area (Å²) in [5, 5.41) is 7.05. The predicted octanol–water partition coefficient (Wildman–Crippen LogP) is 4.85. The lowest BCUT2D eigenvalue weighted by Crippen LogP contribution is -2.33. The third-order valence-electron chi connectivity index (χ3n) is 5.15. The van der Waals surface area contributed by atoms with Gasteiger partial charge in [-0.15, -0.1) is 11.3 Å². The first-order valence-corrected chi connectivity index (χ1v) is 11.9. The van der Waals surface area contributed by atoms with Crippen molar-refractivity contribution in [1.82, 2.24) is 5.43 Å². The highest BCUT2D eigenvalue weighted by molar-refractivity contribution is 7.16. The maximum absolute atomic E-state index is 12.9. The van der Waals surface area contributed by atoms with E-state index in [2.05, 4.69) is 15.8 Å². The molecule has 0 saturated carbocycles. The molecule has 1 aromatic heterocycles. The van der Waals surface area contributed by atoms with Crippen molar-refractivity contribution in [3.05, 3.63) is 81.5 Å². The third kappa shape index (κ3) is 6.76. The standard InChI is InChI=1S/C26H26FN3O5S/c1-5-34-26(33)22-15(2)17(4)36-25(22)29-24(32)19-8-12-21(13-9-19)35-16(3)23(31)30-28-14-18-6-10-20(27)11-7-18/h6-14,16H,5H2,1-4H3,(H,29,32)(H,30,31)/b28-14-/t16-/m1/s1. The summed E-state index contributed by atoms with van der Waals surface area (Å²) in [6, 6.07) is 11.9. The molecule has 0 bridgehead atoms. The number of thiophene rings is 1. The van der Waals surface area contributed by atoms with Gasteiger partial charge in [0.1, 0.15) is 16.6 Å². The Bertz CT molecular complexity index is 1270. The van der Waals surface area contributed by atoms with Gasteiger partial charge >= 0.3 is 5.97 Å². The van der Waals surface area contributed by atoms with Crippen molar-refractivity contribution < 1.29 is 28.2 Å². The molecule has 36 heavy (non-hydrogen) atoms. The normalized spacial score (nSPS) is 11.7. The second kappa shape index (κ2) is 12.1. The molecule has 0 fully saturated rings. The Morgan fingerprint density at radius 3 is 2.39 bits per heavy atom. The number of ether oxygens (including phenoxy) is 2. The molecule has 0 aliphatic heterocycles. The molecule has 188 valence electrons. The number of nitrogens with zero attached hydrogens (tertiary/aromatic N) is 1. The van der Waals surface area contributed by atoms with E-state index in [4.69, 9.17) is 9.47 Å². The van der Waals surface area contributed by atoms with E-state index in [9.17, 15) is 18.8 Å². The van der Waals surface area contributed by atoms with E-state index in [1.807, 2.05) is 13.8 Å². The fourth-order valence-corrected chi connectivity index (χ4v) is 4.14. The summed E-state index contributed by atoms with van der Waals surface area (Å²) in [6.07, 6.45) is 0.528. The van der Waals surface area contributed by atoms with Crippen LogP contribution in [-0.2, 0) is 9.53 Å². The molecule has 0 aliphatic carbocycles. The van der Waals surface area contributed by atoms with Gasteiger partial charge in [-0.1, -0.05) is 12.1 Å². The number of hydrogen-bond donors (Lipinski definition) is 2. The molecule has 2 amide bonds. The van der Waals surface area contributed by atoms with E-state index in [-0.39, 0.29) is 12.4 Å². The SMILES string of the molecule is CCOC(=O)c1c(NC(=O)c2ccc(O[C@H](C)C(=O)N/N=C\c3ccc(F)cc3)cc2)sc(C)c1C. The molecule has 3 aromatic rings. The van der Waals surface area contributed by atoms with E-state index in [0.717, 1.165) is 10.4 Å². The first-order chi connectivity index (χ1) is 17.2. The predicted molar refractivity (Wildman–Crippen MR) is 136 cm³/mol. The van der Waals surface area contributed by atoms with Crippen LogP contribution in [0.4, 0.5) is 9.39 Å². The lowest BCUT2D eigenvalue weighted by Gasteiger charge is -2.13. The van der Waals surface area contributed by atoms with Gasteiger partial charge in [-0.2, -0.15) is 5.10 Å². The van der Waals surface area contributed by atoms with Crippen LogP contribution in [0.15, 0.2) is 53.6 Å². The molecule has 0 unspecified atom stereocenters. The highest BCUT2D eigenvalue weighted by atomic mass is 32.1. The summed E-state index contributed by atoms with van der Waals surface area (Å²) in [7, 11) is 0. The molecule has 1 atom stereocenters. The lowest BCUT2D eigenvalue weighted by atomic mass is 10.1. The van der Waals surface area contributed by atoms with Crippen LogP contribution in [0, 0.1) is 19.7 Å². The number of amides is 2. The topological polar surface area (TPSA) is 106 Å². The summed E-state index contributed by atoms with van der Waals surface area (Å²) < 4.78 is 23.7. The molecule has 0 aliphatic rings. The number of hydrogen-bond acceptors (Lipinski definition) is 7. The lowest BCUT2D eigenvalue weighted by molar-refractivity contribution is -0.127. The van der Waals surface area contributed by atoms with Crippen molar-refractivity contribution in [2.75, 3.05) is 11.9 Å². The molecule has 8 nitrogen and oxygen atoms in total. The van der Waals surface area contributed by atoms with Crippen LogP contribution in [0.2, 0.25) is 0 Å². The molecular weight excluding hydrogens is 485 g/mol. The number of carbonyl (C=O) groups excluding carboxylic acids is 3. The van der Waals surface area contributed by atoms with E-state index >= 15 is 0 Å². The number of esters is 1. The van der Waals surface area contributed by atoms with Gasteiger partial charge in [-0.25, -0.2) is 14.6 Å². The Kier molecular flexibility index (Phi) is 8.91. The van der Waals surface area contributed by atoms with E-state index in [1.54, 1.807) is 38.1 Å². The number of aryl methyl sites for hydroxylation is 1. The van der Waals surface area contributed by atoms with Gasteiger partial charge in [-0.05, 0) is 75.2 Å². The van der Waals surface area contributed by atoms with E-state index < -0.39 is 23.9 Å². The van der Waals surface area contributed by atoms with Gasteiger partial charge in [-0.3, -0.25) is 9.59 Å². The Hall–Kier alpha value is -4.05. The summed E-state index contributed by atoms with van der Waals surface area (Å²) in [5.74, 6) is -1.33. The van der Waals surface area contributed by atoms with Gasteiger partial charge < -0.3 is 14.8 Å². The zero-order chi connectivity index (χ0) is 26.2. The number of rotatable bonds is 9. The molecule has 0 saturated heterocycles. The first kappa shape index (κ1) is 26.6. The largest absolute Gasteiger partial charge is 0.481 e. The average molecular weight is 512 g/mol. The highest BCUT2D eigenvalue weighted by Gasteiger charge is 2.22. The quantitative estimate of drug-likeness (QED) is 0.243. The molecule has 2 N–H and O–H groups in total. The average Bonchev–Trinajstić information content (AvgIpc) is 3.13. The van der Waals surface area contributed by atoms with Crippen molar-refractivity contribution in [3.8, 4) is 5.75 Å². The van der Waals surface area contributed by atoms with Crippen LogP contribution in [0.1, 0.15) is 50.6 Å². The van der Waals surface area contributed by atoms with Crippen molar-refractivity contribution in [2.24, 2.45) is 5.10 Å². The van der Waals surface area contributed by atoms with Crippen LogP contribution >= 0.6 is 11.3 Å². The van der Waals surface area contributed by atoms with E-state index in [1.165, 1.54) is 41.8 Å². The molecule has 1 heterocycles. The maximum Gasteiger partial charge on any atom is 0.341 e. The molecular formula is C26H26FN3O5S. The summed E-state index contributed by atoms with van der Waals surface area (Å²) in [5.41, 5.74) is 4.47. The third-order valence-corrected chi connectivity index (χ3v) is 6.27. The molecule has 10 heteroatoms. The minimum absolute atomic E-state index is 0.235. The second-order valence-corrected chi connectivity index (χ2v) is 8.96. The van der Waals surface area contributed by atoms with Crippen molar-refractivity contribution >= 4 is 40.3 Å². The molecule has 2 aromatic carbocycles. The van der Waals surface area contributed by atoms with Gasteiger partial charge in [0, 0.05) is 10.4 Å². The fourth-order valence-electron chi connectivity index (χ4n) is 3.09. The monoisotopic (exact) mass is 511 g/mol. The Morgan fingerprint density at radius 2 is 1.75 bits per heavy atom. The van der Waals surface area contributed by atoms with Crippen LogP contribution in [-0.4, -0.2) is 36.7 Å². The number of benzene rings is 2.